The van der Waals surface area contributed by atoms with E-state index in [1.165, 1.54) is 13.8 Å². The van der Waals surface area contributed by atoms with Crippen molar-refractivity contribution in [1.29, 1.82) is 0 Å². The Morgan fingerprint density at radius 2 is 0.816 bits per heavy atom. The first-order valence-electron chi connectivity index (χ1n) is 13.8. The number of nitrogens with two attached hydrogens (primary N) is 2. The van der Waals surface area contributed by atoms with Gasteiger partial charge in [0.2, 0.25) is 0 Å². The average Bonchev–Trinajstić information content (AvgIpc) is 3.04. The average molecular weight is 743 g/mol. The van der Waals surface area contributed by atoms with Gasteiger partial charge in [0, 0.05) is 24.0 Å². The molecular formula is C28H51KN2O18. The van der Waals surface area contributed by atoms with Crippen LogP contribution in [0.15, 0.2) is 24.3 Å². The topological polar surface area (TPSA) is 375 Å². The Bertz CT molecular complexity index is 942. The molecule has 0 bridgehead atoms. The molecule has 49 heavy (non-hydrogen) atoms. The van der Waals surface area contributed by atoms with Gasteiger partial charge < -0.3 is 73.4 Å². The molecule has 0 rings (SSSR count). The van der Waals surface area contributed by atoms with Gasteiger partial charge in [0.15, 0.2) is 0 Å². The molecule has 282 valence electrons. The van der Waals surface area contributed by atoms with Gasteiger partial charge in [-0.15, -0.1) is 0 Å². The van der Waals surface area contributed by atoms with Crippen molar-refractivity contribution in [3.63, 3.8) is 0 Å². The molecule has 0 aliphatic heterocycles. The van der Waals surface area contributed by atoms with E-state index in [0.717, 1.165) is 0 Å². The fourth-order valence-electron chi connectivity index (χ4n) is 2.06. The van der Waals surface area contributed by atoms with Crippen LogP contribution in [-0.2, 0) is 38.2 Å². The molecule has 0 aliphatic rings. The standard InChI is InChI=1S/2C9H16O5.2C5H9NO4.K.H/c2*1-7(2)8(13)14-6-9(3-10,4-11)5-12;2*6-3(5(9)10)1-2-4(7)8;;/h2*10-12H,1,3-6H2,2H3;2*3H,1-2,6H2,(H,7,8)(H,9,10);;/q;;;;+1;-1/t;;2*3-;;/m..00../s1. The van der Waals surface area contributed by atoms with Gasteiger partial charge in [0.25, 0.3) is 0 Å². The molecule has 0 fully saturated rings. The third-order valence-electron chi connectivity index (χ3n) is 5.70. The van der Waals surface area contributed by atoms with Gasteiger partial charge in [-0.05, 0) is 26.7 Å². The van der Waals surface area contributed by atoms with Crippen LogP contribution >= 0.6 is 0 Å². The van der Waals surface area contributed by atoms with Crippen molar-refractivity contribution in [2.75, 3.05) is 52.9 Å². The Kier molecular flexibility index (Phi) is 36.1. The summed E-state index contributed by atoms with van der Waals surface area (Å²) in [5.41, 5.74) is 8.11. The molecule has 0 aromatic heterocycles. The second-order valence-electron chi connectivity index (χ2n) is 10.4. The maximum atomic E-state index is 11.0. The fraction of sp³-hybridized carbons (Fsp3) is 0.643. The summed E-state index contributed by atoms with van der Waals surface area (Å²) in [5, 5.41) is 85.9. The predicted octanol–water partition coefficient (Wildman–Crippen LogP) is -6.22. The van der Waals surface area contributed by atoms with E-state index in [4.69, 9.17) is 72.0 Å². The molecule has 0 aliphatic carbocycles. The van der Waals surface area contributed by atoms with Crippen molar-refractivity contribution in [1.82, 2.24) is 0 Å². The van der Waals surface area contributed by atoms with Crippen LogP contribution in [0.1, 0.15) is 41.0 Å². The number of carbonyl (C=O) groups is 6. The van der Waals surface area contributed by atoms with Crippen LogP contribution in [0.3, 0.4) is 0 Å². The molecule has 0 amide bonds. The number of carboxylic acid groups (broad SMARTS) is 4. The van der Waals surface area contributed by atoms with Crippen LogP contribution in [0.5, 0.6) is 0 Å². The summed E-state index contributed by atoms with van der Waals surface area (Å²) in [7, 11) is 0. The number of hydrogen-bond acceptors (Lipinski definition) is 16. The second-order valence-corrected chi connectivity index (χ2v) is 10.4. The predicted molar refractivity (Wildman–Crippen MR) is 165 cm³/mol. The summed E-state index contributed by atoms with van der Waals surface area (Å²) >= 11 is 0. The quantitative estimate of drug-likeness (QED) is 0.0313. The SMILES string of the molecule is C=C(C)C(=O)OCC(CO)(CO)CO.C=C(C)C(=O)OCC(CO)(CO)CO.N[C@@H](CCC(=O)O)C(=O)O.N[C@@H](CCC(=O)O)C(=O)O.[H-].[K+]. The van der Waals surface area contributed by atoms with E-state index in [0.29, 0.717) is 0 Å². The van der Waals surface area contributed by atoms with E-state index in [2.05, 4.69) is 13.2 Å². The van der Waals surface area contributed by atoms with Crippen LogP contribution in [0.2, 0.25) is 0 Å². The number of hydrogen-bond donors (Lipinski definition) is 12. The third kappa shape index (κ3) is 30.2. The van der Waals surface area contributed by atoms with Crippen molar-refractivity contribution in [2.24, 2.45) is 22.3 Å². The first kappa shape index (κ1) is 56.0. The van der Waals surface area contributed by atoms with E-state index in [9.17, 15) is 28.8 Å². The maximum Gasteiger partial charge on any atom is 1.00 e. The van der Waals surface area contributed by atoms with Crippen LogP contribution in [-0.4, -0.2) is 152 Å². The minimum absolute atomic E-state index is 0. The zero-order chi connectivity index (χ0) is 38.7. The van der Waals surface area contributed by atoms with Gasteiger partial charge in [-0.3, -0.25) is 19.2 Å². The van der Waals surface area contributed by atoms with Gasteiger partial charge in [0.1, 0.15) is 25.3 Å². The Balaban J connectivity index is -0.000000129. The van der Waals surface area contributed by atoms with Crippen LogP contribution in [0.25, 0.3) is 0 Å². The molecule has 0 saturated carbocycles. The number of rotatable bonds is 20. The van der Waals surface area contributed by atoms with Crippen LogP contribution in [0, 0.1) is 10.8 Å². The Labute approximate surface area is 326 Å². The molecule has 14 N–H and O–H groups in total. The van der Waals surface area contributed by atoms with E-state index in [-0.39, 0.29) is 103 Å². The number of aliphatic hydroxyl groups is 6. The minimum Gasteiger partial charge on any atom is -1.00 e. The molecule has 21 heteroatoms. The van der Waals surface area contributed by atoms with Crippen molar-refractivity contribution in [3.05, 3.63) is 24.3 Å². The number of carbonyl (C=O) groups excluding carboxylic acids is 2. The number of aliphatic carboxylic acids is 4. The smallest absolute Gasteiger partial charge is 1.00 e. The summed E-state index contributed by atoms with van der Waals surface area (Å²) in [6.07, 6.45) is -0.448. The number of esters is 2. The molecule has 0 radical (unpaired) electrons. The monoisotopic (exact) mass is 742 g/mol. The molecule has 0 aromatic rings. The molecule has 0 aromatic carbocycles. The van der Waals surface area contributed by atoms with E-state index in [1.807, 2.05) is 0 Å². The minimum atomic E-state index is -1.18. The van der Waals surface area contributed by atoms with E-state index >= 15 is 0 Å². The fourth-order valence-corrected chi connectivity index (χ4v) is 2.06. The van der Waals surface area contributed by atoms with E-state index in [1.54, 1.807) is 0 Å². The third-order valence-corrected chi connectivity index (χ3v) is 5.70. The van der Waals surface area contributed by atoms with Crippen LogP contribution in [0.4, 0.5) is 0 Å². The van der Waals surface area contributed by atoms with Crippen molar-refractivity contribution < 1.29 is 142 Å². The Hall–Kier alpha value is -2.38. The molecule has 0 saturated heterocycles. The first-order valence-corrected chi connectivity index (χ1v) is 13.8. The molecule has 0 unspecified atom stereocenters. The molecule has 0 spiro atoms. The molecule has 20 nitrogen and oxygen atoms in total. The zero-order valence-corrected chi connectivity index (χ0v) is 31.1. The number of carboxylic acids is 4. The molecular weight excluding hydrogens is 691 g/mol. The summed E-state index contributed by atoms with van der Waals surface area (Å²) in [4.78, 5) is 61.7. The maximum absolute atomic E-state index is 11.0. The van der Waals surface area contributed by atoms with Gasteiger partial charge >= 0.3 is 87.2 Å². The summed E-state index contributed by atoms with van der Waals surface area (Å²) < 4.78 is 9.45. The Morgan fingerprint density at radius 1 is 0.592 bits per heavy atom. The zero-order valence-electron chi connectivity index (χ0n) is 28.9. The van der Waals surface area contributed by atoms with Crippen molar-refractivity contribution in [2.45, 2.75) is 51.6 Å². The van der Waals surface area contributed by atoms with E-state index < -0.39 is 98.4 Å². The first-order chi connectivity index (χ1) is 22.1. The largest absolute Gasteiger partial charge is 1.00 e. The molecule has 2 atom stereocenters. The molecule has 0 heterocycles. The van der Waals surface area contributed by atoms with Gasteiger partial charge in [-0.1, -0.05) is 13.2 Å². The van der Waals surface area contributed by atoms with Gasteiger partial charge in [0.05, 0.1) is 50.5 Å². The van der Waals surface area contributed by atoms with Crippen molar-refractivity contribution >= 4 is 35.8 Å². The number of aliphatic hydroxyl groups excluding tert-OH is 6. The summed E-state index contributed by atoms with van der Waals surface area (Å²) in [6, 6.07) is -2.12. The normalized spacial score (nSPS) is 11.5. The second kappa shape index (κ2) is 31.6. The van der Waals surface area contributed by atoms with Gasteiger partial charge in [-0.25, -0.2) is 9.59 Å². The summed E-state index contributed by atoms with van der Waals surface area (Å²) in [6.45, 7) is 6.52. The van der Waals surface area contributed by atoms with Crippen molar-refractivity contribution in [3.8, 4) is 0 Å². The summed E-state index contributed by atoms with van der Waals surface area (Å²) in [5.74, 6) is -5.61. The Morgan fingerprint density at radius 3 is 0.959 bits per heavy atom. The van der Waals surface area contributed by atoms with Gasteiger partial charge in [-0.2, -0.15) is 0 Å². The number of ether oxygens (including phenoxy) is 2. The van der Waals surface area contributed by atoms with Crippen LogP contribution < -0.4 is 62.9 Å².